The van der Waals surface area contributed by atoms with Crippen LogP contribution in [0.1, 0.15) is 35.7 Å². The minimum absolute atomic E-state index is 0.148. The number of benzene rings is 2. The molecule has 0 amide bonds. The number of aryl methyl sites for hydroxylation is 1. The van der Waals surface area contributed by atoms with E-state index in [1.165, 1.54) is 36.4 Å². The average Bonchev–Trinajstić information content (AvgIpc) is 2.77. The SMILES string of the molecule is CCC1COC(CCc2ccc(C(=O)Oc3ccc(OCC(F)F)cc3)c(F)c2)OC1. The van der Waals surface area contributed by atoms with Gasteiger partial charge in [-0.3, -0.25) is 0 Å². The highest BCUT2D eigenvalue weighted by Crippen LogP contribution is 2.22. The van der Waals surface area contributed by atoms with Crippen LogP contribution in [-0.4, -0.2) is 38.5 Å². The first kappa shape index (κ1) is 23.1. The van der Waals surface area contributed by atoms with Gasteiger partial charge in [0.1, 0.15) is 23.9 Å². The van der Waals surface area contributed by atoms with Crippen LogP contribution in [0.2, 0.25) is 0 Å². The van der Waals surface area contributed by atoms with Crippen LogP contribution < -0.4 is 9.47 Å². The van der Waals surface area contributed by atoms with Gasteiger partial charge in [0.05, 0.1) is 18.8 Å². The second-order valence-electron chi connectivity index (χ2n) is 7.29. The average molecular weight is 438 g/mol. The van der Waals surface area contributed by atoms with Crippen molar-refractivity contribution in [1.82, 2.24) is 0 Å². The zero-order chi connectivity index (χ0) is 22.2. The molecule has 1 aliphatic rings. The molecule has 8 heteroatoms. The van der Waals surface area contributed by atoms with Crippen LogP contribution in [0, 0.1) is 11.7 Å². The van der Waals surface area contributed by atoms with E-state index >= 15 is 0 Å². The van der Waals surface area contributed by atoms with Crippen LogP contribution in [0.25, 0.3) is 0 Å². The molecule has 2 aromatic rings. The molecule has 1 fully saturated rings. The van der Waals surface area contributed by atoms with Gasteiger partial charge < -0.3 is 18.9 Å². The molecular formula is C23H25F3O5. The molecule has 5 nitrogen and oxygen atoms in total. The lowest BCUT2D eigenvalue weighted by Gasteiger charge is -2.28. The minimum atomic E-state index is -2.58. The van der Waals surface area contributed by atoms with Gasteiger partial charge in [-0.25, -0.2) is 18.0 Å². The minimum Gasteiger partial charge on any atom is -0.488 e. The summed E-state index contributed by atoms with van der Waals surface area (Å²) in [5.74, 6) is -0.757. The zero-order valence-corrected chi connectivity index (χ0v) is 17.2. The third-order valence-electron chi connectivity index (χ3n) is 4.95. The number of carbonyl (C=O) groups is 1. The maximum atomic E-state index is 14.5. The molecule has 0 atom stereocenters. The van der Waals surface area contributed by atoms with Crippen LogP contribution in [0.15, 0.2) is 42.5 Å². The van der Waals surface area contributed by atoms with Gasteiger partial charge >= 0.3 is 5.97 Å². The van der Waals surface area contributed by atoms with Crippen LogP contribution in [0.3, 0.4) is 0 Å². The fraction of sp³-hybridized carbons (Fsp3) is 0.435. The maximum absolute atomic E-state index is 14.5. The predicted octanol–water partition coefficient (Wildman–Crippen LogP) is 5.02. The first-order valence-electron chi connectivity index (χ1n) is 10.2. The molecule has 0 spiro atoms. The van der Waals surface area contributed by atoms with Crippen LogP contribution in [0.4, 0.5) is 13.2 Å². The zero-order valence-electron chi connectivity index (χ0n) is 17.2. The summed E-state index contributed by atoms with van der Waals surface area (Å²) in [6.07, 6.45) is -0.734. The molecule has 0 radical (unpaired) electrons. The Morgan fingerprint density at radius 2 is 1.77 bits per heavy atom. The predicted molar refractivity (Wildman–Crippen MR) is 107 cm³/mol. The smallest absolute Gasteiger partial charge is 0.346 e. The van der Waals surface area contributed by atoms with E-state index in [1.54, 1.807) is 6.07 Å². The molecule has 3 rings (SSSR count). The molecule has 1 saturated heterocycles. The summed E-state index contributed by atoms with van der Waals surface area (Å²) >= 11 is 0. The van der Waals surface area contributed by atoms with Crippen LogP contribution in [0.5, 0.6) is 11.5 Å². The molecular weight excluding hydrogens is 413 g/mol. The quantitative estimate of drug-likeness (QED) is 0.407. The van der Waals surface area contributed by atoms with Crippen molar-refractivity contribution in [2.75, 3.05) is 19.8 Å². The third kappa shape index (κ3) is 6.97. The Morgan fingerprint density at radius 1 is 1.10 bits per heavy atom. The number of carbonyl (C=O) groups excluding carboxylic acids is 1. The second-order valence-corrected chi connectivity index (χ2v) is 7.29. The van der Waals surface area contributed by atoms with Crippen molar-refractivity contribution in [3.63, 3.8) is 0 Å². The van der Waals surface area contributed by atoms with Crippen LogP contribution in [-0.2, 0) is 15.9 Å². The van der Waals surface area contributed by atoms with Crippen LogP contribution >= 0.6 is 0 Å². The van der Waals surface area contributed by atoms with Gasteiger partial charge in [0.25, 0.3) is 6.43 Å². The molecule has 0 N–H and O–H groups in total. The van der Waals surface area contributed by atoms with Gasteiger partial charge in [0.15, 0.2) is 6.29 Å². The Bertz CT molecular complexity index is 849. The fourth-order valence-corrected chi connectivity index (χ4v) is 3.07. The molecule has 0 aromatic heterocycles. The topological polar surface area (TPSA) is 54.0 Å². The van der Waals surface area contributed by atoms with Crippen molar-refractivity contribution >= 4 is 5.97 Å². The molecule has 0 aliphatic carbocycles. The number of rotatable bonds is 9. The summed E-state index contributed by atoms with van der Waals surface area (Å²) in [5, 5.41) is 0. The molecule has 31 heavy (non-hydrogen) atoms. The Kier molecular flexibility index (Phi) is 8.31. The van der Waals surface area contributed by atoms with Gasteiger partial charge in [-0.1, -0.05) is 13.0 Å². The molecule has 1 heterocycles. The Labute approximate surface area is 179 Å². The maximum Gasteiger partial charge on any atom is 0.346 e. The number of alkyl halides is 2. The fourth-order valence-electron chi connectivity index (χ4n) is 3.07. The highest BCUT2D eigenvalue weighted by molar-refractivity contribution is 5.91. The second kappa shape index (κ2) is 11.2. The van der Waals surface area contributed by atoms with E-state index in [0.717, 1.165) is 12.0 Å². The Hall–Kier alpha value is -2.58. The van der Waals surface area contributed by atoms with Gasteiger partial charge in [0.2, 0.25) is 0 Å². The summed E-state index contributed by atoms with van der Waals surface area (Å²) in [5.41, 5.74) is 0.525. The van der Waals surface area contributed by atoms with E-state index in [0.29, 0.717) is 32.0 Å². The standard InChI is InChI=1S/C23H25F3O5/c1-2-15-12-29-22(30-13-15)10-4-16-3-9-19(20(24)11-16)23(27)31-18-7-5-17(6-8-18)28-14-21(25)26/h3,5-9,11,15,21-22H,2,4,10,12-14H2,1H3. The Balaban J connectivity index is 1.51. The highest BCUT2D eigenvalue weighted by Gasteiger charge is 2.21. The van der Waals surface area contributed by atoms with E-state index in [1.807, 2.05) is 0 Å². The van der Waals surface area contributed by atoms with Crippen molar-refractivity contribution in [3.8, 4) is 11.5 Å². The van der Waals surface area contributed by atoms with E-state index in [2.05, 4.69) is 6.92 Å². The molecule has 2 aromatic carbocycles. The molecule has 168 valence electrons. The number of ether oxygens (including phenoxy) is 4. The summed E-state index contributed by atoms with van der Waals surface area (Å²) in [6.45, 7) is 2.70. The number of hydrogen-bond acceptors (Lipinski definition) is 5. The summed E-state index contributed by atoms with van der Waals surface area (Å²) < 4.78 is 60.1. The van der Waals surface area contributed by atoms with E-state index in [9.17, 15) is 18.0 Å². The van der Waals surface area contributed by atoms with E-state index < -0.39 is 24.8 Å². The largest absolute Gasteiger partial charge is 0.488 e. The monoisotopic (exact) mass is 438 g/mol. The highest BCUT2D eigenvalue weighted by atomic mass is 19.3. The summed E-state index contributed by atoms with van der Waals surface area (Å²) in [7, 11) is 0. The van der Waals surface area contributed by atoms with E-state index in [4.69, 9.17) is 18.9 Å². The molecule has 0 saturated carbocycles. The van der Waals surface area contributed by atoms with Crippen molar-refractivity contribution in [2.24, 2.45) is 5.92 Å². The van der Waals surface area contributed by atoms with Gasteiger partial charge in [-0.15, -0.1) is 0 Å². The van der Waals surface area contributed by atoms with Gasteiger partial charge in [0, 0.05) is 12.3 Å². The summed E-state index contributed by atoms with van der Waals surface area (Å²) in [4.78, 5) is 12.3. The molecule has 1 aliphatic heterocycles. The van der Waals surface area contributed by atoms with Crippen molar-refractivity contribution in [2.45, 2.75) is 38.9 Å². The number of hydrogen-bond donors (Lipinski definition) is 0. The van der Waals surface area contributed by atoms with Crippen molar-refractivity contribution in [1.29, 1.82) is 0 Å². The lowest BCUT2D eigenvalue weighted by molar-refractivity contribution is -0.202. The van der Waals surface area contributed by atoms with Crippen molar-refractivity contribution < 1.29 is 36.9 Å². The Morgan fingerprint density at radius 3 is 2.39 bits per heavy atom. The van der Waals surface area contributed by atoms with Gasteiger partial charge in [-0.05, 0) is 54.8 Å². The van der Waals surface area contributed by atoms with Crippen molar-refractivity contribution in [3.05, 3.63) is 59.4 Å². The first-order valence-corrected chi connectivity index (χ1v) is 10.2. The molecule has 0 bridgehead atoms. The third-order valence-corrected chi connectivity index (χ3v) is 4.95. The lowest BCUT2D eigenvalue weighted by atomic mass is 10.1. The number of halogens is 3. The van der Waals surface area contributed by atoms with Gasteiger partial charge in [-0.2, -0.15) is 0 Å². The summed E-state index contributed by atoms with van der Waals surface area (Å²) in [6, 6.07) is 9.90. The lowest BCUT2D eigenvalue weighted by Crippen LogP contribution is -2.32. The van der Waals surface area contributed by atoms with E-state index in [-0.39, 0.29) is 23.4 Å². The normalized spacial score (nSPS) is 18.7. The number of esters is 1. The molecule has 0 unspecified atom stereocenters. The first-order chi connectivity index (χ1) is 14.9.